The van der Waals surface area contributed by atoms with Crippen LogP contribution < -0.4 is 10.6 Å². The third-order valence-corrected chi connectivity index (χ3v) is 3.54. The fourth-order valence-electron chi connectivity index (χ4n) is 1.83. The Labute approximate surface area is 142 Å². The van der Waals surface area contributed by atoms with E-state index >= 15 is 0 Å². The third kappa shape index (κ3) is 6.68. The second-order valence-electron chi connectivity index (χ2n) is 6.29. The van der Waals surface area contributed by atoms with Gasteiger partial charge in [0.1, 0.15) is 0 Å². The van der Waals surface area contributed by atoms with Crippen molar-refractivity contribution >= 4 is 17.9 Å². The molecule has 0 aliphatic rings. The van der Waals surface area contributed by atoms with Crippen LogP contribution in [0.5, 0.6) is 0 Å². The Balaban J connectivity index is 2.27. The molecule has 1 rings (SSSR count). The van der Waals surface area contributed by atoms with Crippen LogP contribution in [0.25, 0.3) is 0 Å². The van der Waals surface area contributed by atoms with E-state index in [1.807, 2.05) is 30.3 Å². The van der Waals surface area contributed by atoms with Crippen LogP contribution in [0.3, 0.4) is 0 Å². The van der Waals surface area contributed by atoms with Crippen molar-refractivity contribution in [1.82, 2.24) is 15.5 Å². The topological polar surface area (TPSA) is 98.7 Å². The quantitative estimate of drug-likeness (QED) is 0.669. The summed E-state index contributed by atoms with van der Waals surface area (Å²) in [6.07, 6.45) is 0.0978. The van der Waals surface area contributed by atoms with E-state index in [1.165, 1.54) is 18.7 Å². The van der Waals surface area contributed by atoms with Gasteiger partial charge in [-0.25, -0.2) is 4.79 Å². The van der Waals surface area contributed by atoms with Gasteiger partial charge in [-0.3, -0.25) is 9.59 Å². The highest BCUT2D eigenvalue weighted by atomic mass is 16.4. The van der Waals surface area contributed by atoms with Crippen LogP contribution in [-0.4, -0.2) is 48.1 Å². The van der Waals surface area contributed by atoms with Gasteiger partial charge in [-0.15, -0.1) is 0 Å². The smallest absolute Gasteiger partial charge is 0.317 e. The van der Waals surface area contributed by atoms with Crippen molar-refractivity contribution in [3.05, 3.63) is 35.9 Å². The van der Waals surface area contributed by atoms with Gasteiger partial charge >= 0.3 is 12.0 Å². The average Bonchev–Trinajstić information content (AvgIpc) is 2.53. The zero-order chi connectivity index (χ0) is 18.2. The molecule has 0 aromatic heterocycles. The Bertz CT molecular complexity index is 572. The maximum Gasteiger partial charge on any atom is 0.317 e. The highest BCUT2D eigenvalue weighted by Gasteiger charge is 2.27. The molecule has 24 heavy (non-hydrogen) atoms. The zero-order valence-corrected chi connectivity index (χ0v) is 14.3. The third-order valence-electron chi connectivity index (χ3n) is 3.54. The largest absolute Gasteiger partial charge is 0.481 e. The molecule has 0 bridgehead atoms. The number of carboxylic acids is 1. The van der Waals surface area contributed by atoms with Crippen molar-refractivity contribution in [1.29, 1.82) is 0 Å². The predicted molar refractivity (Wildman–Crippen MR) is 90.4 cm³/mol. The number of nitrogens with one attached hydrogen (secondary N) is 2. The molecule has 0 saturated carbocycles. The molecule has 3 amide bonds. The molecule has 132 valence electrons. The lowest BCUT2D eigenvalue weighted by atomic mass is 9.94. The van der Waals surface area contributed by atoms with E-state index in [4.69, 9.17) is 5.11 Å². The Hall–Kier alpha value is -2.57. The van der Waals surface area contributed by atoms with Gasteiger partial charge in [0, 0.05) is 33.1 Å². The normalized spacial score (nSPS) is 10.8. The average molecular weight is 335 g/mol. The molecule has 0 radical (unpaired) electrons. The van der Waals surface area contributed by atoms with Crippen molar-refractivity contribution in [3.8, 4) is 0 Å². The first-order chi connectivity index (χ1) is 11.2. The number of rotatable bonds is 8. The standard InChI is InChI=1S/C17H25N3O4/c1-17(2,15(22)23)12-19-14(21)9-10-18-16(24)20(3)11-13-7-5-4-6-8-13/h4-8H,9-12H2,1-3H3,(H,18,24)(H,19,21)(H,22,23). The first-order valence-electron chi connectivity index (χ1n) is 7.75. The van der Waals surface area contributed by atoms with Crippen LogP contribution in [-0.2, 0) is 16.1 Å². The minimum Gasteiger partial charge on any atom is -0.481 e. The van der Waals surface area contributed by atoms with E-state index in [0.29, 0.717) is 6.54 Å². The number of nitrogens with zero attached hydrogens (tertiary/aromatic N) is 1. The number of carbonyl (C=O) groups is 3. The number of amides is 3. The van der Waals surface area contributed by atoms with Gasteiger partial charge in [0.25, 0.3) is 0 Å². The maximum atomic E-state index is 11.9. The van der Waals surface area contributed by atoms with Crippen LogP contribution >= 0.6 is 0 Å². The van der Waals surface area contributed by atoms with E-state index in [0.717, 1.165) is 5.56 Å². The van der Waals surface area contributed by atoms with Crippen molar-refractivity contribution in [2.24, 2.45) is 5.41 Å². The summed E-state index contributed by atoms with van der Waals surface area (Å²) in [5.74, 6) is -1.27. The predicted octanol–water partition coefficient (Wildman–Crippen LogP) is 1.45. The van der Waals surface area contributed by atoms with Gasteiger partial charge in [-0.2, -0.15) is 0 Å². The molecule has 1 aromatic carbocycles. The van der Waals surface area contributed by atoms with Gasteiger partial charge in [0.15, 0.2) is 0 Å². The molecule has 7 heteroatoms. The minimum absolute atomic E-state index is 0.0447. The highest BCUT2D eigenvalue weighted by molar-refractivity contribution is 5.79. The summed E-state index contributed by atoms with van der Waals surface area (Å²) in [7, 11) is 1.68. The number of benzene rings is 1. The molecule has 3 N–H and O–H groups in total. The van der Waals surface area contributed by atoms with Gasteiger partial charge in [-0.1, -0.05) is 30.3 Å². The molecule has 0 unspecified atom stereocenters. The number of carbonyl (C=O) groups excluding carboxylic acids is 2. The molecular formula is C17H25N3O4. The van der Waals surface area contributed by atoms with Crippen LogP contribution in [0, 0.1) is 5.41 Å². The second kappa shape index (κ2) is 8.90. The Kier molecular flexibility index (Phi) is 7.23. The fraction of sp³-hybridized carbons (Fsp3) is 0.471. The van der Waals surface area contributed by atoms with Crippen LogP contribution in [0.15, 0.2) is 30.3 Å². The monoisotopic (exact) mass is 335 g/mol. The lowest BCUT2D eigenvalue weighted by molar-refractivity contribution is -0.146. The lowest BCUT2D eigenvalue weighted by Gasteiger charge is -2.20. The van der Waals surface area contributed by atoms with Crippen LogP contribution in [0.1, 0.15) is 25.8 Å². The number of hydrogen-bond acceptors (Lipinski definition) is 3. The summed E-state index contributed by atoms with van der Waals surface area (Å²) in [5.41, 5.74) is -0.00164. The number of urea groups is 1. The molecule has 0 aliphatic heterocycles. The molecule has 1 aromatic rings. The number of hydrogen-bond donors (Lipinski definition) is 3. The first kappa shape index (κ1) is 19.5. The summed E-state index contributed by atoms with van der Waals surface area (Å²) in [4.78, 5) is 36.1. The van der Waals surface area contributed by atoms with Crippen molar-refractivity contribution < 1.29 is 19.5 Å². The van der Waals surface area contributed by atoms with Crippen LogP contribution in [0.2, 0.25) is 0 Å². The van der Waals surface area contributed by atoms with E-state index in [-0.39, 0.29) is 31.4 Å². The van der Waals surface area contributed by atoms with Crippen molar-refractivity contribution in [2.45, 2.75) is 26.8 Å². The number of carboxylic acid groups (broad SMARTS) is 1. The number of aliphatic carboxylic acids is 1. The molecule has 0 spiro atoms. The molecular weight excluding hydrogens is 310 g/mol. The van der Waals surface area contributed by atoms with E-state index in [2.05, 4.69) is 10.6 Å². The van der Waals surface area contributed by atoms with E-state index < -0.39 is 11.4 Å². The SMILES string of the molecule is CN(Cc1ccccc1)C(=O)NCCC(=O)NCC(C)(C)C(=O)O. The fourth-order valence-corrected chi connectivity index (χ4v) is 1.83. The highest BCUT2D eigenvalue weighted by Crippen LogP contribution is 2.12. The Morgan fingerprint density at radius 1 is 1.12 bits per heavy atom. The van der Waals surface area contributed by atoms with Gasteiger partial charge < -0.3 is 20.6 Å². The summed E-state index contributed by atoms with van der Waals surface area (Å²) in [6, 6.07) is 9.32. The first-order valence-corrected chi connectivity index (χ1v) is 7.75. The van der Waals surface area contributed by atoms with E-state index in [1.54, 1.807) is 7.05 Å². The van der Waals surface area contributed by atoms with Gasteiger partial charge in [0.05, 0.1) is 5.41 Å². The molecule has 0 saturated heterocycles. The van der Waals surface area contributed by atoms with Crippen molar-refractivity contribution in [2.75, 3.05) is 20.1 Å². The Morgan fingerprint density at radius 3 is 2.33 bits per heavy atom. The summed E-state index contributed by atoms with van der Waals surface area (Å²) < 4.78 is 0. The van der Waals surface area contributed by atoms with Gasteiger partial charge in [0.2, 0.25) is 5.91 Å². The lowest BCUT2D eigenvalue weighted by Crippen LogP contribution is -2.41. The zero-order valence-electron chi connectivity index (χ0n) is 14.3. The summed E-state index contributed by atoms with van der Waals surface area (Å²) in [6.45, 7) is 3.79. The van der Waals surface area contributed by atoms with Gasteiger partial charge in [-0.05, 0) is 19.4 Å². The molecule has 0 fully saturated rings. The Morgan fingerprint density at radius 2 is 1.75 bits per heavy atom. The summed E-state index contributed by atoms with van der Waals surface area (Å²) in [5, 5.41) is 14.2. The molecule has 0 heterocycles. The maximum absolute atomic E-state index is 11.9. The van der Waals surface area contributed by atoms with Crippen molar-refractivity contribution in [3.63, 3.8) is 0 Å². The van der Waals surface area contributed by atoms with Crippen LogP contribution in [0.4, 0.5) is 4.79 Å². The molecule has 0 atom stereocenters. The molecule has 7 nitrogen and oxygen atoms in total. The van der Waals surface area contributed by atoms with E-state index in [9.17, 15) is 14.4 Å². The second-order valence-corrected chi connectivity index (χ2v) is 6.29. The minimum atomic E-state index is -1.02. The molecule has 0 aliphatic carbocycles. The summed E-state index contributed by atoms with van der Waals surface area (Å²) >= 11 is 0.